The summed E-state index contributed by atoms with van der Waals surface area (Å²) in [6.07, 6.45) is -1.81. The fourth-order valence-electron chi connectivity index (χ4n) is 0. The molecule has 0 aliphatic heterocycles. The fourth-order valence-corrected chi connectivity index (χ4v) is 0. The van der Waals surface area contributed by atoms with Crippen LogP contribution in [0.25, 0.3) is 0 Å². The van der Waals surface area contributed by atoms with Crippen LogP contribution >= 0.6 is 0 Å². The normalized spacial score (nSPS) is 7.00. The molecule has 0 aliphatic rings. The summed E-state index contributed by atoms with van der Waals surface area (Å²) >= 11 is 1.69. The first-order valence-corrected chi connectivity index (χ1v) is 6.09. The predicted molar refractivity (Wildman–Crippen MR) is 57.8 cm³/mol. The van der Waals surface area contributed by atoms with Gasteiger partial charge in [0.05, 0.1) is 0 Å². The number of rotatable bonds is 0. The molecule has 0 bridgehead atoms. The number of carbonyl (C=O) groups is 2. The van der Waals surface area contributed by atoms with Gasteiger partial charge in [-0.1, -0.05) is 0 Å². The molecule has 0 fully saturated rings. The molecule has 0 spiro atoms. The van der Waals surface area contributed by atoms with Gasteiger partial charge in [-0.15, -0.1) is 0 Å². The first-order chi connectivity index (χ1) is 6.29. The van der Waals surface area contributed by atoms with Crippen LogP contribution in [0.2, 0.25) is 5.71 Å². The van der Waals surface area contributed by atoms with Gasteiger partial charge in [-0.25, -0.2) is 9.59 Å². The van der Waals surface area contributed by atoms with Crippen LogP contribution in [0.3, 0.4) is 0 Å². The van der Waals surface area contributed by atoms with E-state index < -0.39 is 12.2 Å². The van der Waals surface area contributed by atoms with Crippen molar-refractivity contribution in [2.75, 3.05) is 28.2 Å². The van der Waals surface area contributed by atoms with Crippen LogP contribution in [0, 0.1) is 0 Å². The maximum atomic E-state index is 9.62. The molecule has 2 amide bonds. The second kappa shape index (κ2) is 12.1. The Morgan fingerprint density at radius 3 is 0.929 bits per heavy atom. The Bertz CT molecular complexity index is 144. The maximum absolute atomic E-state index is 9.62. The molecule has 86 valence electrons. The summed E-state index contributed by atoms with van der Waals surface area (Å²) in [5, 5.41) is 15.8. The van der Waals surface area contributed by atoms with E-state index in [1.807, 2.05) is 0 Å². The van der Waals surface area contributed by atoms with Gasteiger partial charge in [0.2, 0.25) is 0 Å². The van der Waals surface area contributed by atoms with Gasteiger partial charge in [0.1, 0.15) is 0 Å². The van der Waals surface area contributed by atoms with E-state index in [1.165, 1.54) is 28.2 Å². The van der Waals surface area contributed by atoms with Crippen LogP contribution in [-0.2, 0) is 0 Å². The predicted octanol–water partition coefficient (Wildman–Crippen LogP) is 0.120. The van der Waals surface area contributed by atoms with Crippen molar-refractivity contribution in [3.05, 3.63) is 0 Å². The van der Waals surface area contributed by atoms with Crippen LogP contribution in [-0.4, -0.2) is 77.2 Å². The van der Waals surface area contributed by atoms with E-state index in [2.05, 4.69) is 5.71 Å². The molecule has 6 nitrogen and oxygen atoms in total. The summed E-state index contributed by atoms with van der Waals surface area (Å²) in [5.41, 5.74) is 2.06. The third-order valence-corrected chi connectivity index (χ3v) is 0.765. The molecule has 1 atom stereocenters. The van der Waals surface area contributed by atoms with Crippen LogP contribution in [0.1, 0.15) is 0 Å². The Labute approximate surface area is 93.0 Å². The Balaban J connectivity index is -0.000000147. The van der Waals surface area contributed by atoms with E-state index in [-0.39, 0.29) is 0 Å². The summed E-state index contributed by atoms with van der Waals surface area (Å²) in [5.74, 6) is 0. The average Bonchev–Trinajstić information content (AvgIpc) is 2.08. The van der Waals surface area contributed by atoms with E-state index in [1.54, 1.807) is 16.9 Å². The number of amides is 2. The van der Waals surface area contributed by atoms with Crippen molar-refractivity contribution < 1.29 is 19.8 Å². The summed E-state index contributed by atoms with van der Waals surface area (Å²) < 4.78 is 0. The molecule has 0 saturated carbocycles. The van der Waals surface area contributed by atoms with Gasteiger partial charge in [0, 0.05) is 28.2 Å². The second-order valence-electron chi connectivity index (χ2n) is 2.35. The molecule has 2 N–H and O–H groups in total. The zero-order valence-corrected chi connectivity index (χ0v) is 11.6. The van der Waals surface area contributed by atoms with Crippen molar-refractivity contribution in [2.45, 2.75) is 5.71 Å². The molecule has 0 aromatic rings. The summed E-state index contributed by atoms with van der Waals surface area (Å²) in [7, 11) is 5.90. The van der Waals surface area contributed by atoms with Gasteiger partial charge >= 0.3 is 34.8 Å². The van der Waals surface area contributed by atoms with Gasteiger partial charge in [-0.3, -0.25) is 0 Å². The van der Waals surface area contributed by atoms with Gasteiger partial charge in [-0.05, 0) is 0 Å². The van der Waals surface area contributed by atoms with E-state index in [4.69, 9.17) is 10.2 Å². The van der Waals surface area contributed by atoms with E-state index >= 15 is 0 Å². The summed E-state index contributed by atoms with van der Waals surface area (Å²) in [6.45, 7) is 0. The third kappa shape index (κ3) is 22.5. The molecule has 14 heavy (non-hydrogen) atoms. The number of carboxylic acid groups (broad SMARTS) is 2. The number of nitrogens with zero attached hydrogens (tertiary/aromatic N) is 2. The first-order valence-electron chi connectivity index (χ1n) is 3.67. The van der Waals surface area contributed by atoms with Crippen molar-refractivity contribution in [1.82, 2.24) is 9.80 Å². The molecule has 0 aromatic heterocycles. The van der Waals surface area contributed by atoms with Crippen molar-refractivity contribution in [3.8, 4) is 0 Å². The molecule has 0 saturated heterocycles. The molecular formula is C7H19AsN2O4. The second-order valence-corrected chi connectivity index (χ2v) is 2.35. The van der Waals surface area contributed by atoms with E-state index in [9.17, 15) is 9.59 Å². The van der Waals surface area contributed by atoms with Crippen molar-refractivity contribution in [2.24, 2.45) is 0 Å². The van der Waals surface area contributed by atoms with Crippen LogP contribution in [0.15, 0.2) is 0 Å². The Kier molecular flexibility index (Phi) is 16.2. The quantitative estimate of drug-likeness (QED) is 0.613. The zero-order valence-electron chi connectivity index (χ0n) is 9.18. The van der Waals surface area contributed by atoms with Crippen molar-refractivity contribution in [1.29, 1.82) is 0 Å². The Hall–Kier alpha value is -0.902. The number of hydrogen-bond acceptors (Lipinski definition) is 2. The standard InChI is InChI=1S/2C3H7NO2.CH5As/c2*1-4(2)3(5)6;1-2/h2*1-2H3,(H,5,6);2H2,1H3. The Morgan fingerprint density at radius 1 is 0.857 bits per heavy atom. The Morgan fingerprint density at radius 2 is 0.929 bits per heavy atom. The molecule has 0 aliphatic carbocycles. The topological polar surface area (TPSA) is 81.1 Å². The van der Waals surface area contributed by atoms with Gasteiger partial charge in [-0.2, -0.15) is 0 Å². The minimum atomic E-state index is -0.907. The van der Waals surface area contributed by atoms with Crippen LogP contribution in [0.5, 0.6) is 0 Å². The van der Waals surface area contributed by atoms with Gasteiger partial charge < -0.3 is 20.0 Å². The monoisotopic (exact) mass is 270 g/mol. The summed E-state index contributed by atoms with van der Waals surface area (Å²) in [6, 6.07) is 0. The van der Waals surface area contributed by atoms with E-state index in [0.717, 1.165) is 9.80 Å². The average molecular weight is 270 g/mol. The first kappa shape index (κ1) is 18.8. The third-order valence-electron chi connectivity index (χ3n) is 0.765. The fraction of sp³-hybridized carbons (Fsp3) is 0.714. The molecule has 0 aromatic carbocycles. The molecule has 0 radical (unpaired) electrons. The molecule has 7 heteroatoms. The zero-order chi connectivity index (χ0) is 12.3. The van der Waals surface area contributed by atoms with Crippen molar-refractivity contribution in [3.63, 3.8) is 0 Å². The molecular weight excluding hydrogens is 251 g/mol. The molecule has 0 heterocycles. The van der Waals surface area contributed by atoms with E-state index in [0.29, 0.717) is 0 Å². The molecule has 1 unspecified atom stereocenters. The minimum absolute atomic E-state index is 0.907. The summed E-state index contributed by atoms with van der Waals surface area (Å²) in [4.78, 5) is 21.4. The molecule has 0 rings (SSSR count). The van der Waals surface area contributed by atoms with Crippen molar-refractivity contribution >= 4 is 29.0 Å². The van der Waals surface area contributed by atoms with Crippen LogP contribution in [0.4, 0.5) is 9.59 Å². The van der Waals surface area contributed by atoms with Crippen LogP contribution < -0.4 is 0 Å². The van der Waals surface area contributed by atoms with Gasteiger partial charge in [0.25, 0.3) is 0 Å². The van der Waals surface area contributed by atoms with Gasteiger partial charge in [0.15, 0.2) is 0 Å². The number of hydrogen-bond donors (Lipinski definition) is 2. The SMILES string of the molecule is CN(C)C(=O)O.CN(C)C(=O)O.C[AsH2].